The summed E-state index contributed by atoms with van der Waals surface area (Å²) in [5.74, 6) is 0.104. The molecular formula is C23H17NO4. The Morgan fingerprint density at radius 1 is 1.00 bits per heavy atom. The Labute approximate surface area is 161 Å². The number of carboxylic acid groups (broad SMARTS) is 1. The Morgan fingerprint density at radius 3 is 2.57 bits per heavy atom. The Hall–Kier alpha value is -3.86. The summed E-state index contributed by atoms with van der Waals surface area (Å²) in [5, 5.41) is 10.6. The zero-order valence-electron chi connectivity index (χ0n) is 14.9. The number of fused-ring (bicyclic) bond motifs is 1. The smallest absolute Gasteiger partial charge is 0.336 e. The van der Waals surface area contributed by atoms with Crippen LogP contribution in [0.3, 0.4) is 0 Å². The fourth-order valence-electron chi connectivity index (χ4n) is 2.86. The number of rotatable bonds is 6. The first-order valence-corrected chi connectivity index (χ1v) is 8.75. The van der Waals surface area contributed by atoms with Crippen molar-refractivity contribution < 1.29 is 19.1 Å². The van der Waals surface area contributed by atoms with E-state index in [9.17, 15) is 9.90 Å². The minimum Gasteiger partial charge on any atom is -0.487 e. The molecule has 4 aromatic rings. The molecule has 0 aliphatic heterocycles. The third-order valence-corrected chi connectivity index (χ3v) is 4.27. The average molecular weight is 371 g/mol. The van der Waals surface area contributed by atoms with Gasteiger partial charge in [-0.25, -0.2) is 9.78 Å². The Bertz CT molecular complexity index is 1130. The average Bonchev–Trinajstić information content (AvgIpc) is 3.24. The van der Waals surface area contributed by atoms with Gasteiger partial charge in [0.1, 0.15) is 18.1 Å². The number of aliphatic carboxylic acids is 1. The molecule has 2 heterocycles. The molecule has 0 saturated heterocycles. The summed E-state index contributed by atoms with van der Waals surface area (Å²) in [4.78, 5) is 16.2. The van der Waals surface area contributed by atoms with Gasteiger partial charge in [0.15, 0.2) is 0 Å². The number of pyridine rings is 1. The lowest BCUT2D eigenvalue weighted by Gasteiger charge is -2.08. The molecule has 0 atom stereocenters. The maximum absolute atomic E-state index is 11.6. The molecule has 5 nitrogen and oxygen atoms in total. The molecule has 0 bridgehead atoms. The van der Waals surface area contributed by atoms with Gasteiger partial charge in [-0.2, -0.15) is 0 Å². The topological polar surface area (TPSA) is 72.6 Å². The van der Waals surface area contributed by atoms with Gasteiger partial charge in [0.25, 0.3) is 0 Å². The standard InChI is InChI=1S/C23H17NO4/c25-23(26)21(14-20-5-3-13-27-20)16-8-11-19(12-9-16)28-15-18-10-7-17-4-1-2-6-22(17)24-18/h1-14H,15H2,(H,25,26)/b21-14+. The highest BCUT2D eigenvalue weighted by atomic mass is 16.5. The molecule has 0 radical (unpaired) electrons. The number of aromatic nitrogens is 1. The van der Waals surface area contributed by atoms with Crippen molar-refractivity contribution in [3.05, 3.63) is 96.1 Å². The van der Waals surface area contributed by atoms with Gasteiger partial charge in [-0.15, -0.1) is 0 Å². The first-order chi connectivity index (χ1) is 13.7. The van der Waals surface area contributed by atoms with E-state index >= 15 is 0 Å². The molecule has 0 unspecified atom stereocenters. The van der Waals surface area contributed by atoms with Crippen LogP contribution in [-0.4, -0.2) is 16.1 Å². The van der Waals surface area contributed by atoms with Crippen molar-refractivity contribution in [1.82, 2.24) is 4.98 Å². The monoisotopic (exact) mass is 371 g/mol. The van der Waals surface area contributed by atoms with Gasteiger partial charge in [0.05, 0.1) is 23.0 Å². The van der Waals surface area contributed by atoms with Crippen LogP contribution in [0, 0.1) is 0 Å². The lowest BCUT2D eigenvalue weighted by Crippen LogP contribution is -2.01. The lowest BCUT2D eigenvalue weighted by molar-refractivity contribution is -0.130. The van der Waals surface area contributed by atoms with E-state index in [-0.39, 0.29) is 5.57 Å². The summed E-state index contributed by atoms with van der Waals surface area (Å²) in [5.41, 5.74) is 2.47. The first kappa shape index (κ1) is 17.5. The van der Waals surface area contributed by atoms with E-state index in [4.69, 9.17) is 9.15 Å². The van der Waals surface area contributed by atoms with Crippen molar-refractivity contribution in [3.8, 4) is 5.75 Å². The fraction of sp³-hybridized carbons (Fsp3) is 0.0435. The van der Waals surface area contributed by atoms with E-state index in [1.807, 2.05) is 36.4 Å². The van der Waals surface area contributed by atoms with Gasteiger partial charge in [-0.3, -0.25) is 0 Å². The Balaban J connectivity index is 1.48. The van der Waals surface area contributed by atoms with Crippen molar-refractivity contribution in [2.24, 2.45) is 0 Å². The van der Waals surface area contributed by atoms with Crippen molar-refractivity contribution in [2.75, 3.05) is 0 Å². The van der Waals surface area contributed by atoms with Crippen LogP contribution in [-0.2, 0) is 11.4 Å². The zero-order chi connectivity index (χ0) is 19.3. The summed E-state index contributed by atoms with van der Waals surface area (Å²) in [6, 6.07) is 22.2. The van der Waals surface area contributed by atoms with Crippen molar-refractivity contribution >= 4 is 28.5 Å². The molecular weight excluding hydrogens is 354 g/mol. The minimum atomic E-state index is -1.02. The number of carbonyl (C=O) groups is 1. The maximum atomic E-state index is 11.6. The molecule has 0 amide bonds. The quantitative estimate of drug-likeness (QED) is 0.481. The normalized spacial score (nSPS) is 11.5. The second-order valence-corrected chi connectivity index (χ2v) is 6.19. The van der Waals surface area contributed by atoms with Crippen LogP contribution >= 0.6 is 0 Å². The summed E-state index contributed by atoms with van der Waals surface area (Å²) in [6.45, 7) is 0.332. The predicted octanol–water partition coefficient (Wildman–Crippen LogP) is 5.03. The Morgan fingerprint density at radius 2 is 1.82 bits per heavy atom. The van der Waals surface area contributed by atoms with Gasteiger partial charge in [0, 0.05) is 5.39 Å². The summed E-state index contributed by atoms with van der Waals surface area (Å²) in [6.07, 6.45) is 3.00. The molecule has 28 heavy (non-hydrogen) atoms. The van der Waals surface area contributed by atoms with E-state index in [1.54, 1.807) is 36.4 Å². The molecule has 0 saturated carbocycles. The highest BCUT2D eigenvalue weighted by molar-refractivity contribution is 6.20. The zero-order valence-corrected chi connectivity index (χ0v) is 14.9. The van der Waals surface area contributed by atoms with Crippen LogP contribution < -0.4 is 4.74 Å². The fourth-order valence-corrected chi connectivity index (χ4v) is 2.86. The number of hydrogen-bond donors (Lipinski definition) is 1. The number of hydrogen-bond acceptors (Lipinski definition) is 4. The largest absolute Gasteiger partial charge is 0.487 e. The number of furan rings is 1. The molecule has 0 aliphatic rings. The second-order valence-electron chi connectivity index (χ2n) is 6.19. The second kappa shape index (κ2) is 7.80. The van der Waals surface area contributed by atoms with E-state index < -0.39 is 5.97 Å². The molecule has 1 N–H and O–H groups in total. The molecule has 0 spiro atoms. The summed E-state index contributed by atoms with van der Waals surface area (Å²) < 4.78 is 11.0. The predicted molar refractivity (Wildman–Crippen MR) is 107 cm³/mol. The highest BCUT2D eigenvalue weighted by Gasteiger charge is 2.11. The van der Waals surface area contributed by atoms with Crippen molar-refractivity contribution in [3.63, 3.8) is 0 Å². The van der Waals surface area contributed by atoms with E-state index in [1.165, 1.54) is 12.3 Å². The van der Waals surface area contributed by atoms with Crippen LogP contribution in [0.1, 0.15) is 17.0 Å². The molecule has 0 aliphatic carbocycles. The molecule has 5 heteroatoms. The number of para-hydroxylation sites is 1. The molecule has 138 valence electrons. The molecule has 4 rings (SSSR count). The van der Waals surface area contributed by atoms with Crippen LogP contribution in [0.2, 0.25) is 0 Å². The van der Waals surface area contributed by atoms with Gasteiger partial charge < -0.3 is 14.3 Å². The highest BCUT2D eigenvalue weighted by Crippen LogP contribution is 2.22. The summed E-state index contributed by atoms with van der Waals surface area (Å²) >= 11 is 0. The van der Waals surface area contributed by atoms with Crippen molar-refractivity contribution in [1.29, 1.82) is 0 Å². The maximum Gasteiger partial charge on any atom is 0.336 e. The van der Waals surface area contributed by atoms with Crippen LogP contribution in [0.25, 0.3) is 22.6 Å². The van der Waals surface area contributed by atoms with E-state index in [0.29, 0.717) is 23.7 Å². The van der Waals surface area contributed by atoms with Gasteiger partial charge in [-0.05, 0) is 48.0 Å². The van der Waals surface area contributed by atoms with E-state index in [2.05, 4.69) is 4.98 Å². The van der Waals surface area contributed by atoms with Gasteiger partial charge >= 0.3 is 5.97 Å². The van der Waals surface area contributed by atoms with Gasteiger partial charge in [-0.1, -0.05) is 36.4 Å². The first-order valence-electron chi connectivity index (χ1n) is 8.75. The van der Waals surface area contributed by atoms with Gasteiger partial charge in [0.2, 0.25) is 0 Å². The lowest BCUT2D eigenvalue weighted by atomic mass is 10.0. The molecule has 2 aromatic heterocycles. The minimum absolute atomic E-state index is 0.151. The summed E-state index contributed by atoms with van der Waals surface area (Å²) in [7, 11) is 0. The van der Waals surface area contributed by atoms with Crippen LogP contribution in [0.5, 0.6) is 5.75 Å². The number of nitrogens with zero attached hydrogens (tertiary/aromatic N) is 1. The van der Waals surface area contributed by atoms with Crippen molar-refractivity contribution in [2.45, 2.75) is 6.61 Å². The Kier molecular flexibility index (Phi) is 4.89. The number of benzene rings is 2. The SMILES string of the molecule is O=C(O)/C(=C/c1ccco1)c1ccc(OCc2ccc3ccccc3n2)cc1. The third-order valence-electron chi connectivity index (χ3n) is 4.27. The van der Waals surface area contributed by atoms with Crippen LogP contribution in [0.15, 0.2) is 83.5 Å². The van der Waals surface area contributed by atoms with Crippen LogP contribution in [0.4, 0.5) is 0 Å². The van der Waals surface area contributed by atoms with E-state index in [0.717, 1.165) is 16.6 Å². The number of ether oxygens (including phenoxy) is 1. The third kappa shape index (κ3) is 3.94. The number of carboxylic acids is 1. The molecule has 2 aromatic carbocycles. The molecule has 0 fully saturated rings.